The summed E-state index contributed by atoms with van der Waals surface area (Å²) in [5.74, 6) is -0.403. The molecule has 1 aromatic heterocycles. The second kappa shape index (κ2) is 10.9. The number of hydrogen-bond acceptors (Lipinski definition) is 6. The highest BCUT2D eigenvalue weighted by atomic mass is 35.5. The van der Waals surface area contributed by atoms with Crippen molar-refractivity contribution >= 4 is 23.3 Å². The molecule has 1 amide bonds. The first-order valence-corrected chi connectivity index (χ1v) is 10.9. The van der Waals surface area contributed by atoms with Crippen molar-refractivity contribution in [2.45, 2.75) is 51.5 Å². The highest BCUT2D eigenvalue weighted by molar-refractivity contribution is 6.30. The second-order valence-electron chi connectivity index (χ2n) is 7.62. The van der Waals surface area contributed by atoms with Gasteiger partial charge in [0.15, 0.2) is 12.1 Å². The summed E-state index contributed by atoms with van der Waals surface area (Å²) in [5, 5.41) is 7.93. The van der Waals surface area contributed by atoms with Gasteiger partial charge in [-0.3, -0.25) is 14.3 Å². The number of Topliss-reactive ketones (excluding diaryl/α,β-unsaturated/α-hetero) is 1. The molecule has 0 radical (unpaired) electrons. The number of nitrogens with one attached hydrogen (secondary N) is 1. The molecule has 8 nitrogen and oxygen atoms in total. The topological polar surface area (TPSA) is 108 Å². The third-order valence-corrected chi connectivity index (χ3v) is 5.40. The van der Waals surface area contributed by atoms with E-state index in [4.69, 9.17) is 26.8 Å². The fraction of sp³-hybridized carbons (Fsp3) is 0.500. The smallest absolute Gasteiger partial charge is 0.269 e. The molecule has 1 atom stereocenters. The molecule has 2 heterocycles. The Morgan fingerprint density at radius 2 is 2.06 bits per heavy atom. The summed E-state index contributed by atoms with van der Waals surface area (Å²) >= 11 is 6.12. The van der Waals surface area contributed by atoms with E-state index >= 15 is 0 Å². The molecule has 2 aromatic rings. The van der Waals surface area contributed by atoms with Crippen molar-refractivity contribution in [2.75, 3.05) is 19.8 Å². The van der Waals surface area contributed by atoms with E-state index in [2.05, 4.69) is 10.4 Å². The lowest BCUT2D eigenvalue weighted by atomic mass is 10.1. The normalized spacial score (nSPS) is 19.7. The zero-order valence-electron chi connectivity index (χ0n) is 17.8. The van der Waals surface area contributed by atoms with Crippen molar-refractivity contribution in [3.05, 3.63) is 52.3 Å². The van der Waals surface area contributed by atoms with E-state index < -0.39 is 0 Å². The van der Waals surface area contributed by atoms with Gasteiger partial charge in [0.2, 0.25) is 0 Å². The molecular weight excluding hydrogens is 420 g/mol. The zero-order chi connectivity index (χ0) is 22.4. The van der Waals surface area contributed by atoms with E-state index in [1.807, 2.05) is 25.1 Å². The van der Waals surface area contributed by atoms with E-state index in [1.54, 1.807) is 23.7 Å². The fourth-order valence-corrected chi connectivity index (χ4v) is 3.57. The number of aromatic nitrogens is 2. The summed E-state index contributed by atoms with van der Waals surface area (Å²) in [4.78, 5) is 25.1. The average molecular weight is 449 g/mol. The van der Waals surface area contributed by atoms with Gasteiger partial charge in [-0.05, 0) is 31.0 Å². The lowest BCUT2D eigenvalue weighted by Crippen LogP contribution is -2.41. The number of nitrogens with two attached hydrogens (primary N) is 1. The number of ether oxygens (including phenoxy) is 2. The number of amides is 1. The zero-order valence-corrected chi connectivity index (χ0v) is 18.6. The Morgan fingerprint density at radius 1 is 1.32 bits per heavy atom. The summed E-state index contributed by atoms with van der Waals surface area (Å²) in [6.07, 6.45) is 1.36. The van der Waals surface area contributed by atoms with E-state index in [-0.39, 0.29) is 35.8 Å². The molecule has 1 saturated heterocycles. The van der Waals surface area contributed by atoms with Crippen molar-refractivity contribution < 1.29 is 19.1 Å². The van der Waals surface area contributed by atoms with Crippen LogP contribution in [0.2, 0.25) is 5.02 Å². The molecule has 1 aliphatic heterocycles. The van der Waals surface area contributed by atoms with E-state index in [1.165, 1.54) is 0 Å². The number of ketones is 1. The number of benzene rings is 1. The van der Waals surface area contributed by atoms with Gasteiger partial charge in [0.05, 0.1) is 25.3 Å². The van der Waals surface area contributed by atoms with E-state index in [0.29, 0.717) is 49.7 Å². The van der Waals surface area contributed by atoms with E-state index in [0.717, 1.165) is 5.56 Å². The Kier molecular flexibility index (Phi) is 8.20. The molecule has 0 aliphatic carbocycles. The maximum Gasteiger partial charge on any atom is 0.269 e. The number of hydrogen-bond donors (Lipinski definition) is 2. The molecule has 0 spiro atoms. The SMILES string of the molecule is CCC(=O)c1cc(C(=O)NCCCC2OCC(N)CO2)n([C@@H](C)c2cccc(Cl)c2)n1. The van der Waals surface area contributed by atoms with Gasteiger partial charge in [0.1, 0.15) is 11.4 Å². The first-order chi connectivity index (χ1) is 14.9. The molecule has 1 aromatic carbocycles. The van der Waals surface area contributed by atoms with Crippen LogP contribution in [0.25, 0.3) is 0 Å². The van der Waals surface area contributed by atoms with Gasteiger partial charge in [-0.15, -0.1) is 0 Å². The second-order valence-corrected chi connectivity index (χ2v) is 8.06. The van der Waals surface area contributed by atoms with Crippen molar-refractivity contribution in [1.82, 2.24) is 15.1 Å². The Labute approximate surface area is 187 Å². The lowest BCUT2D eigenvalue weighted by Gasteiger charge is -2.27. The van der Waals surface area contributed by atoms with Gasteiger partial charge in [0.25, 0.3) is 5.91 Å². The first-order valence-electron chi connectivity index (χ1n) is 10.5. The molecule has 31 heavy (non-hydrogen) atoms. The maximum atomic E-state index is 12.9. The van der Waals surface area contributed by atoms with Crippen molar-refractivity contribution in [1.29, 1.82) is 0 Å². The molecule has 1 aliphatic rings. The van der Waals surface area contributed by atoms with Crippen LogP contribution < -0.4 is 11.1 Å². The summed E-state index contributed by atoms with van der Waals surface area (Å²) in [7, 11) is 0. The summed E-state index contributed by atoms with van der Waals surface area (Å²) in [5.41, 5.74) is 7.24. The molecule has 3 rings (SSSR count). The first kappa shape index (κ1) is 23.4. The van der Waals surface area contributed by atoms with Crippen molar-refractivity contribution in [3.63, 3.8) is 0 Å². The quantitative estimate of drug-likeness (QED) is 0.451. The molecule has 1 fully saturated rings. The molecular formula is C22H29ClN4O4. The number of nitrogens with zero attached hydrogens (tertiary/aromatic N) is 2. The molecule has 0 bridgehead atoms. The van der Waals surface area contributed by atoms with Crippen LogP contribution in [-0.4, -0.2) is 53.6 Å². The van der Waals surface area contributed by atoms with Crippen LogP contribution in [0.1, 0.15) is 65.7 Å². The molecule has 0 unspecified atom stereocenters. The number of carbonyl (C=O) groups excluding carboxylic acids is 2. The minimum Gasteiger partial charge on any atom is -0.351 e. The summed E-state index contributed by atoms with van der Waals surface area (Å²) in [6.45, 7) is 5.08. The van der Waals surface area contributed by atoms with Gasteiger partial charge in [-0.2, -0.15) is 5.10 Å². The van der Waals surface area contributed by atoms with Crippen LogP contribution in [0.3, 0.4) is 0 Å². The van der Waals surface area contributed by atoms with Crippen molar-refractivity contribution in [2.24, 2.45) is 5.73 Å². The summed E-state index contributed by atoms with van der Waals surface area (Å²) < 4.78 is 12.6. The predicted molar refractivity (Wildman–Crippen MR) is 117 cm³/mol. The standard InChI is InChI=1S/C22H29ClN4O4/c1-3-20(28)18-11-19(27(26-18)14(2)15-6-4-7-16(23)10-15)22(29)25-9-5-8-21-30-12-17(24)13-31-21/h4,6-7,10-11,14,17,21H,3,5,8-9,12-13,24H2,1-2H3,(H,25,29)/t14-,17?,21?/m0/s1. The third-order valence-electron chi connectivity index (χ3n) is 5.17. The van der Waals surface area contributed by atoms with Gasteiger partial charge in [0, 0.05) is 30.5 Å². The monoisotopic (exact) mass is 448 g/mol. The largest absolute Gasteiger partial charge is 0.351 e. The lowest BCUT2D eigenvalue weighted by molar-refractivity contribution is -0.188. The Hall–Kier alpha value is -2.26. The number of carbonyl (C=O) groups is 2. The highest BCUT2D eigenvalue weighted by Crippen LogP contribution is 2.23. The van der Waals surface area contributed by atoms with Gasteiger partial charge in [-0.1, -0.05) is 30.7 Å². The van der Waals surface area contributed by atoms with Gasteiger partial charge in [-0.25, -0.2) is 0 Å². The van der Waals surface area contributed by atoms with Gasteiger partial charge >= 0.3 is 0 Å². The Morgan fingerprint density at radius 3 is 2.74 bits per heavy atom. The third kappa shape index (κ3) is 6.13. The molecule has 3 N–H and O–H groups in total. The summed E-state index contributed by atoms with van der Waals surface area (Å²) in [6, 6.07) is 8.57. The minimum absolute atomic E-state index is 0.0854. The van der Waals surface area contributed by atoms with Crippen LogP contribution in [0, 0.1) is 0 Å². The fourth-order valence-electron chi connectivity index (χ4n) is 3.37. The molecule has 9 heteroatoms. The average Bonchev–Trinajstić information content (AvgIpc) is 3.22. The van der Waals surface area contributed by atoms with Crippen LogP contribution in [-0.2, 0) is 9.47 Å². The van der Waals surface area contributed by atoms with Crippen LogP contribution >= 0.6 is 11.6 Å². The van der Waals surface area contributed by atoms with Gasteiger partial charge < -0.3 is 20.5 Å². The van der Waals surface area contributed by atoms with E-state index in [9.17, 15) is 9.59 Å². The van der Waals surface area contributed by atoms with Crippen LogP contribution in [0.4, 0.5) is 0 Å². The predicted octanol–water partition coefficient (Wildman–Crippen LogP) is 2.95. The highest BCUT2D eigenvalue weighted by Gasteiger charge is 2.23. The van der Waals surface area contributed by atoms with Crippen LogP contribution in [0.15, 0.2) is 30.3 Å². The Balaban J connectivity index is 1.67. The number of rotatable bonds is 9. The maximum absolute atomic E-state index is 12.9. The van der Waals surface area contributed by atoms with Crippen LogP contribution in [0.5, 0.6) is 0 Å². The van der Waals surface area contributed by atoms with Crippen molar-refractivity contribution in [3.8, 4) is 0 Å². The molecule has 0 saturated carbocycles. The minimum atomic E-state index is -0.293. The number of halogens is 1. The molecule has 168 valence electrons. The Bertz CT molecular complexity index is 909.